The van der Waals surface area contributed by atoms with Gasteiger partial charge >= 0.3 is 0 Å². The van der Waals surface area contributed by atoms with Gasteiger partial charge in [-0.05, 0) is 110 Å². The minimum atomic E-state index is 0.837. The second-order valence-corrected chi connectivity index (χ2v) is 9.13. The largest absolute Gasteiger partial charge is 0.457 e. The van der Waals surface area contributed by atoms with Gasteiger partial charge in [0.2, 0.25) is 0 Å². The van der Waals surface area contributed by atoms with Crippen LogP contribution in [0.25, 0.3) is 20.9 Å². The molecule has 4 aromatic carbocycles. The van der Waals surface area contributed by atoms with Crippen molar-refractivity contribution in [2.75, 3.05) is 0 Å². The second kappa shape index (κ2) is 9.35. The lowest BCUT2D eigenvalue weighted by Crippen LogP contribution is -1.84. The number of hydrogen-bond donors (Lipinski definition) is 0. The Morgan fingerprint density at radius 2 is 0.697 bits per heavy atom. The summed E-state index contributed by atoms with van der Waals surface area (Å²) in [6.45, 7) is 4.14. The molecular formula is C30H24O2S. The summed E-state index contributed by atoms with van der Waals surface area (Å²) >= 11 is 1.78. The highest BCUT2D eigenvalue weighted by atomic mass is 32.1. The molecule has 1 aromatic heterocycles. The molecule has 0 unspecified atom stereocenters. The summed E-state index contributed by atoms with van der Waals surface area (Å²) in [6, 6.07) is 37.0. The first kappa shape index (κ1) is 21.0. The molecule has 162 valence electrons. The minimum absolute atomic E-state index is 0.837. The number of hydrogen-bond acceptors (Lipinski definition) is 3. The summed E-state index contributed by atoms with van der Waals surface area (Å²) in [4.78, 5) is 2.46. The lowest BCUT2D eigenvalue weighted by atomic mass is 10.1. The van der Waals surface area contributed by atoms with E-state index in [1.54, 1.807) is 11.3 Å². The van der Waals surface area contributed by atoms with Gasteiger partial charge in [-0.25, -0.2) is 0 Å². The first-order valence-electron chi connectivity index (χ1n) is 10.9. The van der Waals surface area contributed by atoms with E-state index in [1.165, 1.54) is 32.0 Å². The zero-order valence-electron chi connectivity index (χ0n) is 18.6. The number of aryl methyl sites for hydroxylation is 2. The maximum Gasteiger partial charge on any atom is 0.127 e. The minimum Gasteiger partial charge on any atom is -0.457 e. The van der Waals surface area contributed by atoms with Crippen LogP contribution in [0.4, 0.5) is 0 Å². The summed E-state index contributed by atoms with van der Waals surface area (Å²) in [5, 5.41) is 0. The van der Waals surface area contributed by atoms with Crippen LogP contribution in [0.2, 0.25) is 0 Å². The van der Waals surface area contributed by atoms with E-state index in [4.69, 9.17) is 9.47 Å². The molecule has 0 atom stereocenters. The van der Waals surface area contributed by atoms with E-state index in [2.05, 4.69) is 74.5 Å². The first-order chi connectivity index (χ1) is 16.1. The molecule has 5 aromatic rings. The van der Waals surface area contributed by atoms with Gasteiger partial charge in [0, 0.05) is 9.75 Å². The molecule has 0 aliphatic rings. The molecule has 3 heteroatoms. The first-order valence-corrected chi connectivity index (χ1v) is 11.7. The van der Waals surface area contributed by atoms with Crippen molar-refractivity contribution in [3.63, 3.8) is 0 Å². The Morgan fingerprint density at radius 1 is 0.394 bits per heavy atom. The van der Waals surface area contributed by atoms with Crippen molar-refractivity contribution >= 4 is 11.3 Å². The topological polar surface area (TPSA) is 18.5 Å². The number of ether oxygens (including phenoxy) is 2. The Balaban J connectivity index is 1.26. The molecule has 0 radical (unpaired) electrons. The molecule has 0 saturated heterocycles. The van der Waals surface area contributed by atoms with Crippen LogP contribution in [-0.2, 0) is 0 Å². The van der Waals surface area contributed by atoms with Crippen LogP contribution in [0.1, 0.15) is 11.1 Å². The predicted molar refractivity (Wildman–Crippen MR) is 138 cm³/mol. The fourth-order valence-electron chi connectivity index (χ4n) is 3.51. The van der Waals surface area contributed by atoms with Crippen LogP contribution in [0.15, 0.2) is 109 Å². The SMILES string of the molecule is Cc1ccc(Oc2ccc(-c3ccc(-c4ccc(Oc5ccc(C)cc5)cc4)s3)cc2)cc1. The fourth-order valence-corrected chi connectivity index (χ4v) is 4.52. The normalized spacial score (nSPS) is 10.7. The summed E-state index contributed by atoms with van der Waals surface area (Å²) in [7, 11) is 0. The number of rotatable bonds is 6. The molecule has 0 saturated carbocycles. The van der Waals surface area contributed by atoms with Crippen molar-refractivity contribution in [1.29, 1.82) is 0 Å². The zero-order valence-corrected chi connectivity index (χ0v) is 19.4. The standard InChI is InChI=1S/C30H24O2S/c1-21-3-11-25(12-4-21)31-27-15-7-23(8-16-27)29-19-20-30(33-29)24-9-17-28(18-10-24)32-26-13-5-22(2)6-14-26/h3-20H,1-2H3. The average molecular weight is 449 g/mol. The van der Waals surface area contributed by atoms with Gasteiger partial charge in [-0.1, -0.05) is 35.4 Å². The van der Waals surface area contributed by atoms with E-state index in [0.29, 0.717) is 0 Å². The van der Waals surface area contributed by atoms with Crippen LogP contribution >= 0.6 is 11.3 Å². The van der Waals surface area contributed by atoms with Crippen molar-refractivity contribution in [3.05, 3.63) is 120 Å². The third-order valence-electron chi connectivity index (χ3n) is 5.40. The van der Waals surface area contributed by atoms with E-state index in [-0.39, 0.29) is 0 Å². The average Bonchev–Trinajstić information content (AvgIpc) is 3.33. The summed E-state index contributed by atoms with van der Waals surface area (Å²) in [6.07, 6.45) is 0. The summed E-state index contributed by atoms with van der Waals surface area (Å²) < 4.78 is 11.9. The molecule has 0 N–H and O–H groups in total. The summed E-state index contributed by atoms with van der Waals surface area (Å²) in [5.74, 6) is 3.37. The van der Waals surface area contributed by atoms with E-state index in [1.807, 2.05) is 48.5 Å². The highest BCUT2D eigenvalue weighted by molar-refractivity contribution is 7.18. The van der Waals surface area contributed by atoms with Crippen molar-refractivity contribution in [2.45, 2.75) is 13.8 Å². The highest BCUT2D eigenvalue weighted by Crippen LogP contribution is 2.36. The molecular weight excluding hydrogens is 424 g/mol. The number of benzene rings is 4. The van der Waals surface area contributed by atoms with Crippen molar-refractivity contribution in [3.8, 4) is 43.9 Å². The molecule has 0 aliphatic carbocycles. The second-order valence-electron chi connectivity index (χ2n) is 8.04. The van der Waals surface area contributed by atoms with Crippen LogP contribution in [0.5, 0.6) is 23.0 Å². The van der Waals surface area contributed by atoms with Gasteiger partial charge in [-0.2, -0.15) is 0 Å². The van der Waals surface area contributed by atoms with Crippen LogP contribution in [-0.4, -0.2) is 0 Å². The third-order valence-corrected chi connectivity index (χ3v) is 6.58. The van der Waals surface area contributed by atoms with E-state index >= 15 is 0 Å². The Hall–Kier alpha value is -3.82. The van der Waals surface area contributed by atoms with E-state index in [0.717, 1.165) is 23.0 Å². The highest BCUT2D eigenvalue weighted by Gasteiger charge is 2.07. The summed E-state index contributed by atoms with van der Waals surface area (Å²) in [5.41, 5.74) is 4.81. The molecule has 0 amide bonds. The molecule has 1 heterocycles. The Bertz CT molecular complexity index is 1230. The smallest absolute Gasteiger partial charge is 0.127 e. The van der Waals surface area contributed by atoms with Gasteiger partial charge in [0.15, 0.2) is 0 Å². The van der Waals surface area contributed by atoms with Crippen molar-refractivity contribution in [2.24, 2.45) is 0 Å². The van der Waals surface area contributed by atoms with Gasteiger partial charge in [0.05, 0.1) is 0 Å². The van der Waals surface area contributed by atoms with Crippen molar-refractivity contribution in [1.82, 2.24) is 0 Å². The molecule has 0 spiro atoms. The third kappa shape index (κ3) is 5.16. The zero-order chi connectivity index (χ0) is 22.6. The van der Waals surface area contributed by atoms with Crippen LogP contribution < -0.4 is 9.47 Å². The van der Waals surface area contributed by atoms with Gasteiger partial charge in [-0.15, -0.1) is 11.3 Å². The lowest BCUT2D eigenvalue weighted by molar-refractivity contribution is 0.482. The van der Waals surface area contributed by atoms with Crippen LogP contribution in [0, 0.1) is 13.8 Å². The monoisotopic (exact) mass is 448 g/mol. The molecule has 5 rings (SSSR count). The molecule has 2 nitrogen and oxygen atoms in total. The molecule has 33 heavy (non-hydrogen) atoms. The maximum absolute atomic E-state index is 5.95. The van der Waals surface area contributed by atoms with Gasteiger partial charge < -0.3 is 9.47 Å². The van der Waals surface area contributed by atoms with E-state index in [9.17, 15) is 0 Å². The molecule has 0 aliphatic heterocycles. The van der Waals surface area contributed by atoms with Gasteiger partial charge in [-0.3, -0.25) is 0 Å². The van der Waals surface area contributed by atoms with Crippen LogP contribution in [0.3, 0.4) is 0 Å². The Morgan fingerprint density at radius 3 is 1.03 bits per heavy atom. The fraction of sp³-hybridized carbons (Fsp3) is 0.0667. The Labute approximate surface area is 198 Å². The lowest BCUT2D eigenvalue weighted by Gasteiger charge is -2.07. The predicted octanol–water partition coefficient (Wildman–Crippen LogP) is 9.28. The van der Waals surface area contributed by atoms with E-state index < -0.39 is 0 Å². The maximum atomic E-state index is 5.95. The molecule has 0 bridgehead atoms. The Kier molecular flexibility index (Phi) is 5.97. The number of thiophene rings is 1. The quantitative estimate of drug-likeness (QED) is 0.258. The van der Waals surface area contributed by atoms with Gasteiger partial charge in [0.1, 0.15) is 23.0 Å². The van der Waals surface area contributed by atoms with Gasteiger partial charge in [0.25, 0.3) is 0 Å². The molecule has 0 fully saturated rings. The van der Waals surface area contributed by atoms with Crippen molar-refractivity contribution < 1.29 is 9.47 Å².